The molecule has 0 spiro atoms. The molecule has 148 heavy (non-hydrogen) atoms. The van der Waals surface area contributed by atoms with Crippen LogP contribution in [-0.4, -0.2) is 216 Å². The molecule has 4 saturated heterocycles. The number of aryl methyl sites for hydroxylation is 12. The van der Waals surface area contributed by atoms with Crippen LogP contribution in [0.4, 0.5) is 19.2 Å². The predicted octanol–water partition coefficient (Wildman–Crippen LogP) is 25.2. The first-order valence-corrected chi connectivity index (χ1v) is 56.0. The predicted molar refractivity (Wildman–Crippen MR) is 591 cm³/mol. The van der Waals surface area contributed by atoms with E-state index in [1.807, 2.05) is 205 Å². The normalized spacial score (nSPS) is 17.6. The number of amides is 4. The van der Waals surface area contributed by atoms with Gasteiger partial charge in [-0.2, -0.15) is 0 Å². The highest BCUT2D eigenvalue weighted by Crippen LogP contribution is 2.42. The molecule has 4 heterocycles. The Labute approximate surface area is 894 Å². The van der Waals surface area contributed by atoms with Gasteiger partial charge in [0.05, 0.1) is 26.4 Å². The monoisotopic (exact) mass is 2100 g/mol. The lowest BCUT2D eigenvalue weighted by atomic mass is 9.84. The van der Waals surface area contributed by atoms with E-state index in [1.54, 1.807) is 122 Å². The highest BCUT2D eigenvalue weighted by molar-refractivity contribution is 7.99. The van der Waals surface area contributed by atoms with Crippen molar-refractivity contribution in [3.8, 4) is 23.0 Å². The van der Waals surface area contributed by atoms with Crippen LogP contribution in [0.25, 0.3) is 0 Å². The minimum Gasteiger partial charge on any atom is -0.480 e. The Kier molecular flexibility index (Phi) is 43.5. The minimum atomic E-state index is -0.892. The summed E-state index contributed by atoms with van der Waals surface area (Å²) in [6.45, 7) is 47.1. The molecule has 8 aromatic rings. The summed E-state index contributed by atoms with van der Waals surface area (Å²) in [5.41, 5.74) is 11.5. The summed E-state index contributed by atoms with van der Waals surface area (Å²) in [5.74, 6) is 2.13. The lowest BCUT2D eigenvalue weighted by Gasteiger charge is -2.26. The van der Waals surface area contributed by atoms with Crippen LogP contribution in [0.3, 0.4) is 0 Å². The van der Waals surface area contributed by atoms with Crippen molar-refractivity contribution in [2.75, 3.05) is 91.6 Å². The van der Waals surface area contributed by atoms with Crippen LogP contribution >= 0.6 is 47.0 Å². The van der Waals surface area contributed by atoms with Crippen LogP contribution in [0.15, 0.2) is 165 Å². The quantitative estimate of drug-likeness (QED) is 0.0197. The maximum Gasteiger partial charge on any atom is 0.410 e. The summed E-state index contributed by atoms with van der Waals surface area (Å²) in [5, 5.41) is 0. The SMILES string of the molecule is COC(=O)N1C[C@@H](CCc2cc(C)c(OC(C)(C)C(C)=O)c(C)c2)[C@H](C(=O)c2ccc(SC)cc2)C1.COC(=O)N1C[C@H](CCc2cc(C)c(OC(C)(C)C(C)=O)c(C)c2)[C@@H](C(=O)c2ccc(SC)cc2)C1.CSc1ccc(C(=O)[C@@H]2CN(C(=O)OC(C)C)C[C@H]2CCc2cc(C)c(OC(C)(C)C(C)=O)c(C)c2)cc1.CSc1ccc(C(=O)[C@H]2CN(C(=O)OC(C)C)C[C@@H]2CCc2cc(C)c(OC(C)(C)C(C)=O)c(C)c2)cc1. The number of nitrogens with zero attached hydrogens (tertiary/aromatic N) is 4. The third-order valence-corrected chi connectivity index (χ3v) is 31.8. The zero-order chi connectivity index (χ0) is 110. The molecule has 4 aliphatic rings. The van der Waals surface area contributed by atoms with E-state index in [9.17, 15) is 57.5 Å². The number of likely N-dealkylation sites (tertiary alicyclic amines) is 4. The second-order valence-electron chi connectivity index (χ2n) is 42.3. The third kappa shape index (κ3) is 32.4. The van der Waals surface area contributed by atoms with E-state index in [4.69, 9.17) is 37.9 Å². The van der Waals surface area contributed by atoms with Gasteiger partial charge >= 0.3 is 24.4 Å². The van der Waals surface area contributed by atoms with Gasteiger partial charge in [0.1, 0.15) is 23.0 Å². The van der Waals surface area contributed by atoms with Gasteiger partial charge in [0.25, 0.3) is 0 Å². The molecule has 4 amide bonds. The smallest absolute Gasteiger partial charge is 0.410 e. The number of methoxy groups -OCH3 is 2. The number of ketones is 8. The van der Waals surface area contributed by atoms with Crippen molar-refractivity contribution in [3.63, 3.8) is 0 Å². The summed E-state index contributed by atoms with van der Waals surface area (Å²) in [7, 11) is 2.74. The molecule has 12 rings (SSSR count). The van der Waals surface area contributed by atoms with Gasteiger partial charge in [-0.3, -0.25) is 38.4 Å². The van der Waals surface area contributed by atoms with Crippen molar-refractivity contribution in [1.29, 1.82) is 0 Å². The number of carbonyl (C=O) groups excluding carboxylic acids is 12. The molecule has 8 aromatic carbocycles. The Morgan fingerprint density at radius 3 is 0.601 bits per heavy atom. The average Bonchev–Trinajstić information content (AvgIpc) is 1.32. The van der Waals surface area contributed by atoms with E-state index in [1.165, 1.54) is 41.9 Å². The maximum absolute atomic E-state index is 13.6. The van der Waals surface area contributed by atoms with Gasteiger partial charge in [-0.15, -0.1) is 47.0 Å². The second kappa shape index (κ2) is 53.5. The van der Waals surface area contributed by atoms with E-state index >= 15 is 0 Å². The molecule has 0 unspecified atom stereocenters. The highest BCUT2D eigenvalue weighted by Gasteiger charge is 2.46. The van der Waals surface area contributed by atoms with Crippen LogP contribution in [0.1, 0.15) is 245 Å². The summed E-state index contributed by atoms with van der Waals surface area (Å²) in [6.07, 6.45) is 12.2. The molecule has 28 heteroatoms. The summed E-state index contributed by atoms with van der Waals surface area (Å²) < 4.78 is 45.1. The number of carbonyl (C=O) groups is 12. The Morgan fingerprint density at radius 2 is 0.453 bits per heavy atom. The standard InChI is InChI=1S/2C31H41NO5S.2C29H37NO5S/c2*1-19(2)36-30(35)32-17-25(27(18-32)28(34)24-11-13-26(38-8)14-12-24)10-9-23-15-20(3)29(21(4)16-23)37-31(6,7)22(5)33;2*1-18-14-21(15-19(2)27(18)35-29(4,5)20(3)31)8-9-23-16-30(28(33)34-6)17-25(23)26(32)22-10-12-24(36-7)13-11-22/h2*11-16,19,25,27H,9-10,17-18H2,1-8H3;2*10-15,23,25H,8-9,16-17H2,1-7H3/t2*25-,27-;2*23-,25-/m1010/s1. The largest absolute Gasteiger partial charge is 0.480 e. The fourth-order valence-electron chi connectivity index (χ4n) is 19.2. The fraction of sp³-hybridized carbons (Fsp3) is 0.500. The van der Waals surface area contributed by atoms with E-state index in [-0.39, 0.29) is 118 Å². The number of Topliss-reactive ketones (excluding diaryl/α,β-unsaturated/α-hetero) is 8. The van der Waals surface area contributed by atoms with Crippen molar-refractivity contribution < 1.29 is 95.4 Å². The van der Waals surface area contributed by atoms with Crippen molar-refractivity contribution in [2.45, 2.75) is 272 Å². The van der Waals surface area contributed by atoms with Crippen LogP contribution in [0.2, 0.25) is 0 Å². The van der Waals surface area contributed by atoms with Gasteiger partial charge in [0.2, 0.25) is 0 Å². The second-order valence-corrected chi connectivity index (χ2v) is 45.8. The van der Waals surface area contributed by atoms with Crippen molar-refractivity contribution >= 4 is 118 Å². The van der Waals surface area contributed by atoms with Crippen molar-refractivity contribution in [2.24, 2.45) is 47.3 Å². The first-order chi connectivity index (χ1) is 69.6. The first kappa shape index (κ1) is 120. The Hall–Kier alpha value is -11.2. The van der Waals surface area contributed by atoms with Crippen LogP contribution < -0.4 is 18.9 Å². The van der Waals surface area contributed by atoms with Gasteiger partial charge in [0.15, 0.2) is 68.7 Å². The average molecular weight is 2100 g/mol. The van der Waals surface area contributed by atoms with Gasteiger partial charge in [-0.05, 0) is 382 Å². The highest BCUT2D eigenvalue weighted by atomic mass is 32.2. The fourth-order valence-corrected chi connectivity index (χ4v) is 20.9. The molecule has 4 aliphatic heterocycles. The van der Waals surface area contributed by atoms with E-state index in [0.717, 1.165) is 161 Å². The van der Waals surface area contributed by atoms with Gasteiger partial charge < -0.3 is 57.5 Å². The zero-order valence-electron chi connectivity index (χ0n) is 92.5. The maximum atomic E-state index is 13.6. The molecular formula is C120H156N4O20S4. The number of hydrogen-bond donors (Lipinski definition) is 0. The Morgan fingerprint density at radius 1 is 0.284 bits per heavy atom. The van der Waals surface area contributed by atoms with E-state index in [2.05, 4.69) is 48.5 Å². The molecule has 0 saturated carbocycles. The van der Waals surface area contributed by atoms with Gasteiger partial charge in [-0.1, -0.05) is 97.1 Å². The third-order valence-electron chi connectivity index (χ3n) is 28.8. The molecule has 0 N–H and O–H groups in total. The Balaban J connectivity index is 0.000000219. The first-order valence-electron chi connectivity index (χ1n) is 51.1. The molecule has 8 atom stereocenters. The summed E-state index contributed by atoms with van der Waals surface area (Å²) >= 11 is 6.55. The van der Waals surface area contributed by atoms with Crippen LogP contribution in [0, 0.1) is 103 Å². The lowest BCUT2D eigenvalue weighted by Crippen LogP contribution is -2.36. The van der Waals surface area contributed by atoms with E-state index < -0.39 is 34.6 Å². The molecular weight excluding hydrogens is 1950 g/mol. The lowest BCUT2D eigenvalue weighted by molar-refractivity contribution is -0.130. The van der Waals surface area contributed by atoms with Crippen LogP contribution in [0.5, 0.6) is 23.0 Å². The number of hydrogen-bond acceptors (Lipinski definition) is 24. The summed E-state index contributed by atoms with van der Waals surface area (Å²) in [4.78, 5) is 163. The van der Waals surface area contributed by atoms with Crippen LogP contribution in [-0.2, 0) is 63.8 Å². The zero-order valence-corrected chi connectivity index (χ0v) is 95.8. The summed E-state index contributed by atoms with van der Waals surface area (Å²) in [6, 6.07) is 47.5. The number of ether oxygens (including phenoxy) is 8. The van der Waals surface area contributed by atoms with Gasteiger partial charge in [-0.25, -0.2) is 19.2 Å². The molecule has 0 bridgehead atoms. The molecule has 0 aliphatic carbocycles. The Bertz CT molecular complexity index is 5590. The molecule has 0 aromatic heterocycles. The number of rotatable bonds is 38. The minimum absolute atomic E-state index is 0.0237. The molecule has 800 valence electrons. The number of thioether (sulfide) groups is 4. The van der Waals surface area contributed by atoms with Gasteiger partial charge in [0, 0.05) is 118 Å². The topological polar surface area (TPSA) is 292 Å². The van der Waals surface area contributed by atoms with Crippen molar-refractivity contribution in [1.82, 2.24) is 19.6 Å². The van der Waals surface area contributed by atoms with E-state index in [0.29, 0.717) is 74.6 Å². The molecule has 4 fully saturated rings. The van der Waals surface area contributed by atoms with Crippen molar-refractivity contribution in [3.05, 3.63) is 235 Å². The number of benzene rings is 8. The molecule has 24 nitrogen and oxygen atoms in total. The molecule has 0 radical (unpaired) electrons.